The average molecular weight is 232 g/mol. The van der Waals surface area contributed by atoms with Crippen LogP contribution in [0.15, 0.2) is 39.7 Å². The van der Waals surface area contributed by atoms with Crippen molar-refractivity contribution in [1.82, 2.24) is 4.57 Å². The minimum atomic E-state index is -0.0122. The molecule has 0 aliphatic carbocycles. The Hall–Kier alpha value is -1.97. The summed E-state index contributed by atoms with van der Waals surface area (Å²) >= 11 is 0. The summed E-state index contributed by atoms with van der Waals surface area (Å²) in [6.07, 6.45) is 2.67. The Morgan fingerprint density at radius 1 is 1.24 bits per heavy atom. The van der Waals surface area contributed by atoms with Crippen LogP contribution in [0.4, 0.5) is 5.69 Å². The summed E-state index contributed by atoms with van der Waals surface area (Å²) in [4.78, 5) is 11.2. The number of aromatic nitrogens is 1. The van der Waals surface area contributed by atoms with E-state index in [-0.39, 0.29) is 5.56 Å². The Balaban J connectivity index is 2.02. The molecule has 2 rings (SSSR count). The van der Waals surface area contributed by atoms with Crippen molar-refractivity contribution < 1.29 is 4.42 Å². The van der Waals surface area contributed by atoms with Crippen LogP contribution in [0, 0.1) is 0 Å². The number of nitrogens with zero attached hydrogens (tertiary/aromatic N) is 1. The molecule has 0 aromatic carbocycles. The minimum Gasteiger partial charge on any atom is -0.464 e. The maximum atomic E-state index is 11.2. The van der Waals surface area contributed by atoms with Crippen molar-refractivity contribution in [3.63, 3.8) is 0 Å². The van der Waals surface area contributed by atoms with E-state index >= 15 is 0 Å². The third-order valence-electron chi connectivity index (χ3n) is 2.62. The Labute approximate surface area is 99.9 Å². The van der Waals surface area contributed by atoms with Crippen molar-refractivity contribution in [3.8, 4) is 0 Å². The highest BCUT2D eigenvalue weighted by atomic mass is 16.3. The van der Waals surface area contributed by atoms with Gasteiger partial charge in [0.2, 0.25) is 5.56 Å². The van der Waals surface area contributed by atoms with E-state index in [1.54, 1.807) is 29.9 Å². The number of hydrogen-bond acceptors (Lipinski definition) is 3. The molecular weight excluding hydrogens is 216 g/mol. The van der Waals surface area contributed by atoms with Gasteiger partial charge >= 0.3 is 0 Å². The molecule has 1 N–H and O–H groups in total. The molecule has 90 valence electrons. The molecule has 0 aliphatic heterocycles. The van der Waals surface area contributed by atoms with Crippen LogP contribution in [-0.2, 0) is 20.0 Å². The number of anilines is 1. The zero-order valence-corrected chi connectivity index (χ0v) is 10.1. The zero-order valence-electron chi connectivity index (χ0n) is 10.1. The van der Waals surface area contributed by atoms with Crippen molar-refractivity contribution >= 4 is 5.69 Å². The molecule has 0 spiro atoms. The summed E-state index contributed by atoms with van der Waals surface area (Å²) in [5, 5.41) is 3.21. The van der Waals surface area contributed by atoms with E-state index in [9.17, 15) is 4.79 Å². The van der Waals surface area contributed by atoms with Crippen LogP contribution in [0.25, 0.3) is 0 Å². The van der Waals surface area contributed by atoms with Crippen molar-refractivity contribution in [2.24, 2.45) is 7.05 Å². The predicted molar refractivity (Wildman–Crippen MR) is 67.1 cm³/mol. The number of hydrogen-bond donors (Lipinski definition) is 1. The molecule has 2 aromatic rings. The highest BCUT2D eigenvalue weighted by Gasteiger charge is 2.00. The second-order valence-electron chi connectivity index (χ2n) is 3.94. The number of aryl methyl sites for hydroxylation is 2. The van der Waals surface area contributed by atoms with Crippen molar-refractivity contribution in [1.29, 1.82) is 0 Å². The predicted octanol–water partition coefficient (Wildman–Crippen LogP) is 2.15. The molecular formula is C13H16N2O2. The van der Waals surface area contributed by atoms with Gasteiger partial charge in [-0.2, -0.15) is 0 Å². The largest absolute Gasteiger partial charge is 0.464 e. The monoisotopic (exact) mass is 232 g/mol. The van der Waals surface area contributed by atoms with Gasteiger partial charge in [0.05, 0.1) is 12.2 Å². The second-order valence-corrected chi connectivity index (χ2v) is 3.94. The fourth-order valence-corrected chi connectivity index (χ4v) is 1.60. The van der Waals surface area contributed by atoms with Gasteiger partial charge in [0.25, 0.3) is 0 Å². The minimum absolute atomic E-state index is 0.0122. The van der Waals surface area contributed by atoms with Gasteiger partial charge in [-0.3, -0.25) is 4.79 Å². The van der Waals surface area contributed by atoms with Crippen LogP contribution in [0.2, 0.25) is 0 Å². The van der Waals surface area contributed by atoms with Crippen LogP contribution in [0.1, 0.15) is 18.4 Å². The van der Waals surface area contributed by atoms with Gasteiger partial charge in [0, 0.05) is 25.7 Å². The van der Waals surface area contributed by atoms with Gasteiger partial charge in [0.15, 0.2) is 0 Å². The first-order valence-electron chi connectivity index (χ1n) is 5.67. The van der Waals surface area contributed by atoms with E-state index in [0.29, 0.717) is 6.54 Å². The van der Waals surface area contributed by atoms with E-state index < -0.39 is 0 Å². The molecule has 0 amide bonds. The smallest absolute Gasteiger partial charge is 0.250 e. The zero-order chi connectivity index (χ0) is 12.3. The molecule has 2 heterocycles. The highest BCUT2D eigenvalue weighted by molar-refractivity contribution is 5.40. The number of furan rings is 1. The molecule has 0 bridgehead atoms. The third kappa shape index (κ3) is 2.78. The lowest BCUT2D eigenvalue weighted by Crippen LogP contribution is -2.15. The van der Waals surface area contributed by atoms with Crippen LogP contribution < -0.4 is 10.9 Å². The highest BCUT2D eigenvalue weighted by Crippen LogP contribution is 2.11. The van der Waals surface area contributed by atoms with Gasteiger partial charge < -0.3 is 14.3 Å². The Morgan fingerprint density at radius 3 is 2.65 bits per heavy atom. The van der Waals surface area contributed by atoms with Gasteiger partial charge in [-0.25, -0.2) is 0 Å². The Morgan fingerprint density at radius 2 is 2.00 bits per heavy atom. The van der Waals surface area contributed by atoms with Gasteiger partial charge in [-0.1, -0.05) is 6.92 Å². The summed E-state index contributed by atoms with van der Waals surface area (Å²) in [5.41, 5.74) is 0.892. The van der Waals surface area contributed by atoms with E-state index in [1.165, 1.54) is 0 Å². The van der Waals surface area contributed by atoms with Crippen LogP contribution in [0.3, 0.4) is 0 Å². The van der Waals surface area contributed by atoms with Crippen molar-refractivity contribution in [2.45, 2.75) is 19.9 Å². The number of nitrogens with one attached hydrogen (secondary N) is 1. The van der Waals surface area contributed by atoms with Crippen LogP contribution in [-0.4, -0.2) is 4.57 Å². The maximum absolute atomic E-state index is 11.2. The normalized spacial score (nSPS) is 10.5. The number of rotatable bonds is 4. The first-order chi connectivity index (χ1) is 8.19. The van der Waals surface area contributed by atoms with E-state index in [1.807, 2.05) is 12.1 Å². The van der Waals surface area contributed by atoms with E-state index in [4.69, 9.17) is 4.42 Å². The second kappa shape index (κ2) is 4.91. The van der Waals surface area contributed by atoms with E-state index in [0.717, 1.165) is 23.6 Å². The lowest BCUT2D eigenvalue weighted by molar-refractivity contribution is 0.476. The molecule has 0 radical (unpaired) electrons. The lowest BCUT2D eigenvalue weighted by Gasteiger charge is -2.05. The molecule has 0 atom stereocenters. The Bertz CT molecular complexity index is 555. The molecule has 0 saturated heterocycles. The fraction of sp³-hybridized carbons (Fsp3) is 0.308. The maximum Gasteiger partial charge on any atom is 0.250 e. The topological polar surface area (TPSA) is 47.2 Å². The summed E-state index contributed by atoms with van der Waals surface area (Å²) in [6, 6.07) is 7.26. The SMILES string of the molecule is CCc1ccc(CNc2ccc(=O)n(C)c2)o1. The van der Waals surface area contributed by atoms with Gasteiger partial charge in [-0.05, 0) is 18.2 Å². The third-order valence-corrected chi connectivity index (χ3v) is 2.62. The molecule has 0 aliphatic rings. The van der Waals surface area contributed by atoms with Crippen LogP contribution in [0.5, 0.6) is 0 Å². The quantitative estimate of drug-likeness (QED) is 0.878. The molecule has 4 heteroatoms. The first-order valence-corrected chi connectivity index (χ1v) is 5.67. The molecule has 2 aromatic heterocycles. The average Bonchev–Trinajstić information content (AvgIpc) is 2.79. The summed E-state index contributed by atoms with van der Waals surface area (Å²) < 4.78 is 7.12. The standard InChI is InChI=1S/C13H16N2O2/c1-3-11-5-6-12(17-11)8-14-10-4-7-13(16)15(2)9-10/h4-7,9,14H,3,8H2,1-2H3. The Kier molecular flexibility index (Phi) is 3.32. The van der Waals surface area contributed by atoms with Gasteiger partial charge in [0.1, 0.15) is 11.5 Å². The first kappa shape index (κ1) is 11.5. The summed E-state index contributed by atoms with van der Waals surface area (Å²) in [7, 11) is 1.73. The molecule has 0 fully saturated rings. The van der Waals surface area contributed by atoms with Crippen LogP contribution >= 0.6 is 0 Å². The van der Waals surface area contributed by atoms with Crippen molar-refractivity contribution in [3.05, 3.63) is 52.3 Å². The van der Waals surface area contributed by atoms with Crippen molar-refractivity contribution in [2.75, 3.05) is 5.32 Å². The summed E-state index contributed by atoms with van der Waals surface area (Å²) in [5.74, 6) is 1.89. The molecule has 17 heavy (non-hydrogen) atoms. The van der Waals surface area contributed by atoms with Gasteiger partial charge in [-0.15, -0.1) is 0 Å². The molecule has 0 saturated carbocycles. The molecule has 4 nitrogen and oxygen atoms in total. The molecule has 0 unspecified atom stereocenters. The van der Waals surface area contributed by atoms with E-state index in [2.05, 4.69) is 12.2 Å². The summed E-state index contributed by atoms with van der Waals surface area (Å²) in [6.45, 7) is 2.68. The number of pyridine rings is 1. The fourth-order valence-electron chi connectivity index (χ4n) is 1.60. The lowest BCUT2D eigenvalue weighted by atomic mass is 10.3.